The van der Waals surface area contributed by atoms with Crippen LogP contribution in [0.25, 0.3) is 0 Å². The van der Waals surface area contributed by atoms with Gasteiger partial charge < -0.3 is 14.2 Å². The van der Waals surface area contributed by atoms with E-state index in [4.69, 9.17) is 14.2 Å². The van der Waals surface area contributed by atoms with Crippen molar-refractivity contribution in [2.24, 2.45) is 5.92 Å². The summed E-state index contributed by atoms with van der Waals surface area (Å²) in [5.41, 5.74) is 0. The van der Waals surface area contributed by atoms with E-state index in [9.17, 15) is 14.4 Å². The van der Waals surface area contributed by atoms with Gasteiger partial charge in [0.25, 0.3) is 0 Å². The SMILES string of the molecule is CCCCCCCCCCCCC(=O)OC[C@H](COC(=O)CCCCCCC)OC(=O)CCCCCCCCCCCCCCC(C)C. The highest BCUT2D eigenvalue weighted by molar-refractivity contribution is 5.71. The van der Waals surface area contributed by atoms with Gasteiger partial charge in [0.05, 0.1) is 0 Å². The second-order valence-corrected chi connectivity index (χ2v) is 14.7. The van der Waals surface area contributed by atoms with E-state index in [1.807, 2.05) is 0 Å². The predicted molar refractivity (Wildman–Crippen MR) is 201 cm³/mol. The minimum atomic E-state index is -0.756. The molecule has 0 aliphatic heterocycles. The molecule has 0 unspecified atom stereocenters. The lowest BCUT2D eigenvalue weighted by Gasteiger charge is -2.18. The van der Waals surface area contributed by atoms with Crippen molar-refractivity contribution in [3.8, 4) is 0 Å². The van der Waals surface area contributed by atoms with Gasteiger partial charge in [-0.3, -0.25) is 14.4 Å². The molecule has 0 radical (unpaired) electrons. The first-order chi connectivity index (χ1) is 23.4. The third kappa shape index (κ3) is 35.7. The van der Waals surface area contributed by atoms with Gasteiger partial charge in [-0.15, -0.1) is 0 Å². The van der Waals surface area contributed by atoms with Crippen LogP contribution in [0.5, 0.6) is 0 Å². The second-order valence-electron chi connectivity index (χ2n) is 14.7. The topological polar surface area (TPSA) is 78.9 Å². The number of unbranched alkanes of at least 4 members (excludes halogenated alkanes) is 24. The van der Waals surface area contributed by atoms with Gasteiger partial charge in [0.1, 0.15) is 13.2 Å². The molecule has 0 N–H and O–H groups in total. The molecule has 0 fully saturated rings. The van der Waals surface area contributed by atoms with Crippen LogP contribution in [-0.2, 0) is 28.6 Å². The van der Waals surface area contributed by atoms with Gasteiger partial charge in [0.15, 0.2) is 6.10 Å². The minimum absolute atomic E-state index is 0.0654. The number of esters is 3. The highest BCUT2D eigenvalue weighted by Crippen LogP contribution is 2.16. The van der Waals surface area contributed by atoms with Crippen molar-refractivity contribution >= 4 is 17.9 Å². The zero-order valence-electron chi connectivity index (χ0n) is 32.4. The first-order valence-electron chi connectivity index (χ1n) is 20.9. The van der Waals surface area contributed by atoms with Crippen molar-refractivity contribution in [1.29, 1.82) is 0 Å². The average Bonchev–Trinajstić information content (AvgIpc) is 3.06. The van der Waals surface area contributed by atoms with Gasteiger partial charge in [0.2, 0.25) is 0 Å². The molecule has 0 heterocycles. The number of carbonyl (C=O) groups excluding carboxylic acids is 3. The largest absolute Gasteiger partial charge is 0.462 e. The van der Waals surface area contributed by atoms with Crippen LogP contribution >= 0.6 is 0 Å². The Balaban J connectivity index is 4.21. The third-order valence-electron chi connectivity index (χ3n) is 9.29. The Hall–Kier alpha value is -1.59. The van der Waals surface area contributed by atoms with Crippen molar-refractivity contribution in [2.45, 2.75) is 233 Å². The summed E-state index contributed by atoms with van der Waals surface area (Å²) in [4.78, 5) is 37.3. The molecule has 0 saturated heterocycles. The average molecular weight is 681 g/mol. The van der Waals surface area contributed by atoms with Crippen molar-refractivity contribution < 1.29 is 28.6 Å². The Bertz CT molecular complexity index is 721. The Labute approximate surface area is 298 Å². The van der Waals surface area contributed by atoms with Crippen molar-refractivity contribution in [3.05, 3.63) is 0 Å². The highest BCUT2D eigenvalue weighted by atomic mass is 16.6. The Kier molecular flexibility index (Phi) is 35.5. The molecule has 284 valence electrons. The Morgan fingerprint density at radius 3 is 1.02 bits per heavy atom. The van der Waals surface area contributed by atoms with E-state index in [2.05, 4.69) is 27.7 Å². The number of hydrogen-bond acceptors (Lipinski definition) is 6. The number of rotatable bonds is 37. The van der Waals surface area contributed by atoms with Crippen LogP contribution in [0, 0.1) is 5.92 Å². The third-order valence-corrected chi connectivity index (χ3v) is 9.29. The smallest absolute Gasteiger partial charge is 0.306 e. The lowest BCUT2D eigenvalue weighted by atomic mass is 10.0. The van der Waals surface area contributed by atoms with E-state index in [0.717, 1.165) is 70.1 Å². The van der Waals surface area contributed by atoms with Crippen LogP contribution in [0.1, 0.15) is 227 Å². The fourth-order valence-corrected chi connectivity index (χ4v) is 6.10. The standard InChI is InChI=1S/C42H80O6/c1-5-7-9-11-12-13-19-22-26-30-34-41(44)47-37-39(36-46-40(43)33-29-24-10-8-6-2)48-42(45)35-31-27-23-20-17-15-14-16-18-21-25-28-32-38(3)4/h38-39H,5-37H2,1-4H3/t39-/m0/s1. The molecule has 0 spiro atoms. The molecule has 0 aromatic rings. The molecule has 0 aromatic carbocycles. The quantitative estimate of drug-likeness (QED) is 0.0369. The second kappa shape index (κ2) is 36.7. The molecule has 0 amide bonds. The maximum absolute atomic E-state index is 12.6. The van der Waals surface area contributed by atoms with Crippen LogP contribution < -0.4 is 0 Å². The zero-order chi connectivity index (χ0) is 35.3. The summed E-state index contributed by atoms with van der Waals surface area (Å²) in [7, 11) is 0. The summed E-state index contributed by atoms with van der Waals surface area (Å²) < 4.78 is 16.5. The molecule has 0 aliphatic rings. The molecule has 1 atom stereocenters. The summed E-state index contributed by atoms with van der Waals surface area (Å²) in [6.07, 6.45) is 34.0. The summed E-state index contributed by atoms with van der Waals surface area (Å²) in [5, 5.41) is 0. The molecule has 0 rings (SSSR count). The maximum Gasteiger partial charge on any atom is 0.306 e. The lowest BCUT2D eigenvalue weighted by Crippen LogP contribution is -2.30. The van der Waals surface area contributed by atoms with Gasteiger partial charge in [-0.2, -0.15) is 0 Å². The van der Waals surface area contributed by atoms with E-state index < -0.39 is 6.10 Å². The first-order valence-corrected chi connectivity index (χ1v) is 20.9. The van der Waals surface area contributed by atoms with Crippen LogP contribution in [-0.4, -0.2) is 37.2 Å². The number of carbonyl (C=O) groups is 3. The first kappa shape index (κ1) is 46.4. The van der Waals surface area contributed by atoms with Crippen LogP contribution in [0.2, 0.25) is 0 Å². The maximum atomic E-state index is 12.6. The van der Waals surface area contributed by atoms with E-state index in [0.29, 0.717) is 19.3 Å². The summed E-state index contributed by atoms with van der Waals surface area (Å²) in [6.45, 7) is 8.89. The minimum Gasteiger partial charge on any atom is -0.462 e. The molecule has 6 nitrogen and oxygen atoms in total. The van der Waals surface area contributed by atoms with Gasteiger partial charge in [-0.1, -0.05) is 188 Å². The van der Waals surface area contributed by atoms with Gasteiger partial charge in [-0.25, -0.2) is 0 Å². The van der Waals surface area contributed by atoms with Crippen LogP contribution in [0.3, 0.4) is 0 Å². The Morgan fingerprint density at radius 2 is 0.688 bits per heavy atom. The Morgan fingerprint density at radius 1 is 0.396 bits per heavy atom. The molecule has 6 heteroatoms. The monoisotopic (exact) mass is 681 g/mol. The fourth-order valence-electron chi connectivity index (χ4n) is 6.10. The molecule has 0 bridgehead atoms. The molecular formula is C42H80O6. The van der Waals surface area contributed by atoms with E-state index in [1.165, 1.54) is 116 Å². The highest BCUT2D eigenvalue weighted by Gasteiger charge is 2.19. The molecule has 0 aromatic heterocycles. The van der Waals surface area contributed by atoms with Crippen molar-refractivity contribution in [3.63, 3.8) is 0 Å². The number of hydrogen-bond donors (Lipinski definition) is 0. The number of ether oxygens (including phenoxy) is 3. The van der Waals surface area contributed by atoms with Crippen LogP contribution in [0.4, 0.5) is 0 Å². The molecule has 0 saturated carbocycles. The lowest BCUT2D eigenvalue weighted by molar-refractivity contribution is -0.167. The summed E-state index contributed by atoms with van der Waals surface area (Å²) >= 11 is 0. The molecule has 0 aliphatic carbocycles. The van der Waals surface area contributed by atoms with Crippen molar-refractivity contribution in [1.82, 2.24) is 0 Å². The van der Waals surface area contributed by atoms with E-state index in [-0.39, 0.29) is 31.1 Å². The van der Waals surface area contributed by atoms with E-state index >= 15 is 0 Å². The van der Waals surface area contributed by atoms with Crippen molar-refractivity contribution in [2.75, 3.05) is 13.2 Å². The molecule has 48 heavy (non-hydrogen) atoms. The van der Waals surface area contributed by atoms with Gasteiger partial charge in [0, 0.05) is 19.3 Å². The zero-order valence-corrected chi connectivity index (χ0v) is 32.4. The normalized spacial score (nSPS) is 11.9. The molecular weight excluding hydrogens is 600 g/mol. The fraction of sp³-hybridized carbons (Fsp3) is 0.929. The van der Waals surface area contributed by atoms with Gasteiger partial charge in [-0.05, 0) is 25.2 Å². The summed E-state index contributed by atoms with van der Waals surface area (Å²) in [5.74, 6) is -0.0425. The van der Waals surface area contributed by atoms with Gasteiger partial charge >= 0.3 is 17.9 Å². The van der Waals surface area contributed by atoms with E-state index in [1.54, 1.807) is 0 Å². The van der Waals surface area contributed by atoms with Crippen LogP contribution in [0.15, 0.2) is 0 Å². The predicted octanol–water partition coefficient (Wildman–Crippen LogP) is 12.8. The summed E-state index contributed by atoms with van der Waals surface area (Å²) in [6, 6.07) is 0.